The first-order valence-electron chi connectivity index (χ1n) is 3.62. The summed E-state index contributed by atoms with van der Waals surface area (Å²) in [7, 11) is 0. The van der Waals surface area contributed by atoms with Gasteiger partial charge in [0.2, 0.25) is 0 Å². The number of azide groups is 1. The van der Waals surface area contributed by atoms with Crippen LogP contribution in [0.3, 0.4) is 0 Å². The highest BCUT2D eigenvalue weighted by atomic mass is 35.5. The van der Waals surface area contributed by atoms with Crippen LogP contribution in [-0.4, -0.2) is 11.5 Å². The molecule has 0 fully saturated rings. The van der Waals surface area contributed by atoms with Gasteiger partial charge in [-0.2, -0.15) is 0 Å². The lowest BCUT2D eigenvalue weighted by Crippen LogP contribution is -2.08. The third-order valence-corrected chi connectivity index (χ3v) is 1.52. The predicted octanol–water partition coefficient (Wildman–Crippen LogP) is 1.69. The van der Waals surface area contributed by atoms with Crippen LogP contribution in [0, 0.1) is 11.8 Å². The van der Waals surface area contributed by atoms with E-state index in [-0.39, 0.29) is 17.7 Å². The number of halogens is 1. The Balaban J connectivity index is 2.94. The van der Waals surface area contributed by atoms with Crippen LogP contribution in [0.25, 0.3) is 10.4 Å². The summed E-state index contributed by atoms with van der Waals surface area (Å²) in [4.78, 5) is 16.0. The highest BCUT2D eigenvalue weighted by Gasteiger charge is 1.95. The average Bonchev–Trinajstić information content (AvgIpc) is 2.18. The lowest BCUT2D eigenvalue weighted by molar-refractivity contribution is 1.22. The van der Waals surface area contributed by atoms with Crippen LogP contribution in [0.15, 0.2) is 22.2 Å². The molecule has 0 radical (unpaired) electrons. The third-order valence-electron chi connectivity index (χ3n) is 1.30. The fraction of sp³-hybridized carbons (Fsp3) is 0.125. The number of aromatic amines is 1. The van der Waals surface area contributed by atoms with Crippen molar-refractivity contribution in [1.29, 1.82) is 0 Å². The third kappa shape index (κ3) is 2.87. The Kier molecular flexibility index (Phi) is 3.62. The molecule has 0 aliphatic carbocycles. The molecule has 0 spiro atoms. The van der Waals surface area contributed by atoms with Gasteiger partial charge in [0.05, 0.1) is 17.1 Å². The van der Waals surface area contributed by atoms with Crippen LogP contribution in [0.2, 0.25) is 5.02 Å². The number of rotatable bonds is 1. The van der Waals surface area contributed by atoms with Crippen molar-refractivity contribution in [3.8, 4) is 11.8 Å². The molecule has 1 aromatic rings. The molecule has 1 N–H and O–H groups in total. The minimum atomic E-state index is -0.317. The van der Waals surface area contributed by atoms with Gasteiger partial charge in [-0.3, -0.25) is 4.79 Å². The van der Waals surface area contributed by atoms with E-state index in [9.17, 15) is 4.79 Å². The Labute approximate surface area is 84.3 Å². The summed E-state index contributed by atoms with van der Waals surface area (Å²) < 4.78 is 0. The van der Waals surface area contributed by atoms with Gasteiger partial charge < -0.3 is 4.98 Å². The summed E-state index contributed by atoms with van der Waals surface area (Å²) in [6.07, 6.45) is 1.38. The summed E-state index contributed by atoms with van der Waals surface area (Å²) in [6, 6.07) is 1.45. The van der Waals surface area contributed by atoms with Gasteiger partial charge in [0, 0.05) is 11.1 Å². The topological polar surface area (TPSA) is 81.6 Å². The van der Waals surface area contributed by atoms with E-state index in [1.807, 2.05) is 0 Å². The molecule has 1 rings (SSSR count). The fourth-order valence-electron chi connectivity index (χ4n) is 0.752. The largest absolute Gasteiger partial charge is 0.327 e. The van der Waals surface area contributed by atoms with Crippen molar-refractivity contribution in [2.75, 3.05) is 6.54 Å². The van der Waals surface area contributed by atoms with E-state index < -0.39 is 0 Å². The Bertz CT molecular complexity index is 490. The standard InChI is InChI=1S/C8H5ClN4O/c9-7-4-6(8(14)11-5-7)2-1-3-12-13-10/h4-5H,3H2,(H,11,14). The zero-order chi connectivity index (χ0) is 10.4. The molecular formula is C8H5ClN4O. The van der Waals surface area contributed by atoms with Gasteiger partial charge in [-0.1, -0.05) is 28.6 Å². The number of hydrogen-bond acceptors (Lipinski definition) is 2. The maximum atomic E-state index is 11.1. The second kappa shape index (κ2) is 4.97. The van der Waals surface area contributed by atoms with Crippen LogP contribution in [0.4, 0.5) is 0 Å². The van der Waals surface area contributed by atoms with Crippen LogP contribution in [-0.2, 0) is 0 Å². The monoisotopic (exact) mass is 208 g/mol. The Morgan fingerprint density at radius 1 is 1.71 bits per heavy atom. The number of pyridine rings is 1. The second-order valence-electron chi connectivity index (χ2n) is 2.25. The molecule has 0 bridgehead atoms. The number of H-pyrrole nitrogens is 1. The number of nitrogens with zero attached hydrogens (tertiary/aromatic N) is 3. The van der Waals surface area contributed by atoms with E-state index in [1.165, 1.54) is 12.3 Å². The summed E-state index contributed by atoms with van der Waals surface area (Å²) >= 11 is 5.64. The van der Waals surface area contributed by atoms with Gasteiger partial charge in [0.1, 0.15) is 0 Å². The van der Waals surface area contributed by atoms with E-state index in [0.717, 1.165) is 0 Å². The Morgan fingerprint density at radius 2 is 2.50 bits per heavy atom. The first-order valence-corrected chi connectivity index (χ1v) is 4.00. The Morgan fingerprint density at radius 3 is 3.21 bits per heavy atom. The van der Waals surface area contributed by atoms with Gasteiger partial charge in [0.25, 0.3) is 5.56 Å². The van der Waals surface area contributed by atoms with Crippen molar-refractivity contribution < 1.29 is 0 Å². The highest BCUT2D eigenvalue weighted by Crippen LogP contribution is 2.03. The molecular weight excluding hydrogens is 204 g/mol. The van der Waals surface area contributed by atoms with E-state index in [0.29, 0.717) is 5.02 Å². The second-order valence-corrected chi connectivity index (χ2v) is 2.69. The van der Waals surface area contributed by atoms with Gasteiger partial charge in [-0.25, -0.2) is 0 Å². The molecule has 0 atom stereocenters. The van der Waals surface area contributed by atoms with Gasteiger partial charge in [0.15, 0.2) is 0 Å². The van der Waals surface area contributed by atoms with Crippen molar-refractivity contribution in [1.82, 2.24) is 4.98 Å². The molecule has 0 aromatic carbocycles. The highest BCUT2D eigenvalue weighted by molar-refractivity contribution is 6.30. The first kappa shape index (κ1) is 10.2. The van der Waals surface area contributed by atoms with E-state index in [2.05, 4.69) is 26.9 Å². The van der Waals surface area contributed by atoms with E-state index in [1.54, 1.807) is 0 Å². The van der Waals surface area contributed by atoms with E-state index >= 15 is 0 Å². The zero-order valence-corrected chi connectivity index (χ0v) is 7.75. The number of aromatic nitrogens is 1. The van der Waals surface area contributed by atoms with Gasteiger partial charge in [-0.15, -0.1) is 0 Å². The summed E-state index contributed by atoms with van der Waals surface area (Å²) in [6.45, 7) is 0.0302. The molecule has 6 heteroatoms. The smallest absolute Gasteiger partial charge is 0.263 e. The molecule has 14 heavy (non-hydrogen) atoms. The molecule has 0 unspecified atom stereocenters. The van der Waals surface area contributed by atoms with Crippen LogP contribution < -0.4 is 5.56 Å². The molecule has 1 heterocycles. The SMILES string of the molecule is [N-]=[N+]=NCC#Cc1cc(Cl)c[nH]c1=O. The van der Waals surface area contributed by atoms with Crippen LogP contribution in [0.1, 0.15) is 5.56 Å². The lowest BCUT2D eigenvalue weighted by atomic mass is 10.3. The number of hydrogen-bond donors (Lipinski definition) is 1. The quantitative estimate of drug-likeness (QED) is 0.324. The molecule has 0 saturated heterocycles. The van der Waals surface area contributed by atoms with Crippen molar-refractivity contribution in [2.45, 2.75) is 0 Å². The van der Waals surface area contributed by atoms with Crippen LogP contribution in [0.5, 0.6) is 0 Å². The maximum Gasteiger partial charge on any atom is 0.263 e. The van der Waals surface area contributed by atoms with Gasteiger partial charge in [-0.05, 0) is 11.6 Å². The van der Waals surface area contributed by atoms with Crippen molar-refractivity contribution in [2.24, 2.45) is 5.11 Å². The number of nitrogens with one attached hydrogen (secondary N) is 1. The summed E-state index contributed by atoms with van der Waals surface area (Å²) in [5, 5.41) is 3.60. The lowest BCUT2D eigenvalue weighted by Gasteiger charge is -1.89. The van der Waals surface area contributed by atoms with Crippen molar-refractivity contribution in [3.05, 3.63) is 43.6 Å². The molecule has 0 amide bonds. The van der Waals surface area contributed by atoms with Gasteiger partial charge >= 0.3 is 0 Å². The van der Waals surface area contributed by atoms with Crippen LogP contribution >= 0.6 is 11.6 Å². The minimum absolute atomic E-state index is 0.0302. The molecule has 0 aliphatic rings. The molecule has 70 valence electrons. The minimum Gasteiger partial charge on any atom is -0.327 e. The van der Waals surface area contributed by atoms with E-state index in [4.69, 9.17) is 17.1 Å². The fourth-order valence-corrected chi connectivity index (χ4v) is 0.916. The Hall–Kier alpha value is -1.89. The maximum absolute atomic E-state index is 11.1. The molecule has 0 saturated carbocycles. The first-order chi connectivity index (χ1) is 6.74. The molecule has 1 aromatic heterocycles. The summed E-state index contributed by atoms with van der Waals surface area (Å²) in [5.74, 6) is 5.07. The summed E-state index contributed by atoms with van der Waals surface area (Å²) in [5.41, 5.74) is 7.90. The average molecular weight is 209 g/mol. The van der Waals surface area contributed by atoms with Crippen molar-refractivity contribution >= 4 is 11.6 Å². The predicted molar refractivity (Wildman–Crippen MR) is 53.0 cm³/mol. The molecule has 0 aliphatic heterocycles. The molecule has 5 nitrogen and oxygen atoms in total. The normalized spacial score (nSPS) is 8.36. The van der Waals surface area contributed by atoms with Crippen molar-refractivity contribution in [3.63, 3.8) is 0 Å². The zero-order valence-electron chi connectivity index (χ0n) is 6.99.